The molecule has 7 heteroatoms. The molecule has 0 saturated carbocycles. The van der Waals surface area contributed by atoms with E-state index in [4.69, 9.17) is 15.3 Å². The van der Waals surface area contributed by atoms with E-state index in [1.807, 2.05) is 72.8 Å². The van der Waals surface area contributed by atoms with Gasteiger partial charge >= 0.3 is 0 Å². The Labute approximate surface area is 638 Å². The lowest BCUT2D eigenvalue weighted by molar-refractivity contribution is 1.18. The quantitative estimate of drug-likeness (QED) is 0.0518. The minimum Gasteiger partial charge on any atom is -0.309 e. The molecule has 0 atom stereocenters. The Kier molecular flexibility index (Phi) is 18.0. The number of hydrogen-bond donors (Lipinski definition) is 0. The highest BCUT2D eigenvalue weighted by Gasteiger charge is 2.24. The Morgan fingerprint density at radius 2 is 0.642 bits per heavy atom. The van der Waals surface area contributed by atoms with Crippen LogP contribution in [-0.4, -0.2) is 13.3 Å². The lowest BCUT2D eigenvalue weighted by atomic mass is 9.89. The second-order valence-electron chi connectivity index (χ2n) is 27.1. The van der Waals surface area contributed by atoms with Crippen molar-refractivity contribution in [1.29, 1.82) is 5.26 Å². The molecular formula is C102H66N6S. The van der Waals surface area contributed by atoms with E-state index < -0.39 is 0 Å². The average Bonchev–Trinajstić information content (AvgIpc) is 1.60. The highest BCUT2D eigenvalue weighted by molar-refractivity contribution is 7.00. The molecule has 109 heavy (non-hydrogen) atoms. The molecule has 18 rings (SSSR count). The SMILES string of the molecule is [C-]#[N+]C(=C(c1ccccc1)c1ccccc1)c1ccc(-c2ccc(N(c3ccc(-c4ccc(C(C#N)=C(c5ccccc5)c5ccccc5)cc4)cc3)c3ccc(-c4ccc(-n5c6ccc(-c7ccc(-c8ccccc8)cc7)cc6c6cc(-c7ccc(-c8ccccc8)cc7)ccc65)cc4)c4nsnc34)cc2)cc1. The fraction of sp³-hybridized carbons (Fsp3) is 0. The number of anilines is 3. The lowest BCUT2D eigenvalue weighted by Gasteiger charge is -2.26. The zero-order chi connectivity index (χ0) is 73.0. The van der Waals surface area contributed by atoms with E-state index in [0.717, 1.165) is 145 Å². The molecule has 2 heterocycles. The van der Waals surface area contributed by atoms with Crippen LogP contribution in [0.3, 0.4) is 0 Å². The third kappa shape index (κ3) is 13.1. The summed E-state index contributed by atoms with van der Waals surface area (Å²) in [5.74, 6) is 0. The molecule has 0 aliphatic heterocycles. The molecule has 0 aliphatic carbocycles. The largest absolute Gasteiger partial charge is 0.309 e. The van der Waals surface area contributed by atoms with Gasteiger partial charge in [0, 0.05) is 39.0 Å². The van der Waals surface area contributed by atoms with Crippen molar-refractivity contribution in [1.82, 2.24) is 13.3 Å². The fourth-order valence-electron chi connectivity index (χ4n) is 15.2. The maximum atomic E-state index is 10.8. The first-order chi connectivity index (χ1) is 54.0. The summed E-state index contributed by atoms with van der Waals surface area (Å²) in [4.78, 5) is 6.44. The first-order valence-corrected chi connectivity index (χ1v) is 37.2. The van der Waals surface area contributed by atoms with E-state index in [0.29, 0.717) is 11.3 Å². The Hall–Kier alpha value is -14.6. The molecule has 6 nitrogen and oxygen atoms in total. The summed E-state index contributed by atoms with van der Waals surface area (Å²) in [6, 6.07) is 143. The van der Waals surface area contributed by atoms with Crippen LogP contribution in [0.1, 0.15) is 33.4 Å². The van der Waals surface area contributed by atoms with Crippen LogP contribution in [0.4, 0.5) is 17.1 Å². The van der Waals surface area contributed by atoms with Gasteiger partial charge in [0.05, 0.1) is 40.6 Å². The second kappa shape index (κ2) is 29.5. The van der Waals surface area contributed by atoms with Crippen LogP contribution < -0.4 is 4.90 Å². The highest BCUT2D eigenvalue weighted by Crippen LogP contribution is 2.45. The summed E-state index contributed by atoms with van der Waals surface area (Å²) in [5, 5.41) is 13.2. The Balaban J connectivity index is 0.698. The van der Waals surface area contributed by atoms with Crippen LogP contribution in [-0.2, 0) is 0 Å². The van der Waals surface area contributed by atoms with E-state index in [9.17, 15) is 5.26 Å². The number of fused-ring (bicyclic) bond motifs is 4. The van der Waals surface area contributed by atoms with Gasteiger partial charge in [0.15, 0.2) is 0 Å². The molecule has 18 aromatic rings. The first kappa shape index (κ1) is 66.4. The standard InChI is InChI=1S/C102H66N6S/c1-104-100(99(83-28-16-6-17-29-83)84-30-18-7-19-31-84)85-46-42-74(43-47-85)76-50-58-89(59-51-76)107(88-56-48-75(49-57-88)73-40-44-80(45-41-73)94(68-103)98(81-24-12-4-13-25-81)82-26-14-5-15-27-82)97-65-62-91(101-102(97)106-109-105-101)79-52-60-90(61-53-79)108-95-63-54-86(77-36-32-71(33-37-77)69-20-8-2-9-21-69)66-92(95)93-67-87(55-64-96(93)108)78-38-34-72(35-39-78)70-22-10-3-11-23-70/h2-67H. The third-order valence-corrected chi connectivity index (χ3v) is 21.2. The molecule has 2 aromatic heterocycles. The van der Waals surface area contributed by atoms with Gasteiger partial charge in [0.1, 0.15) is 17.1 Å². The van der Waals surface area contributed by atoms with Crippen molar-refractivity contribution in [2.45, 2.75) is 0 Å². The van der Waals surface area contributed by atoms with E-state index in [-0.39, 0.29) is 0 Å². The summed E-state index contributed by atoms with van der Waals surface area (Å²) in [6.07, 6.45) is 0. The molecule has 0 spiro atoms. The molecular weight excluding hydrogens is 1340 g/mol. The molecule has 0 saturated heterocycles. The van der Waals surface area contributed by atoms with Crippen LogP contribution in [0.15, 0.2) is 400 Å². The number of benzene rings is 16. The van der Waals surface area contributed by atoms with Crippen molar-refractivity contribution in [2.75, 3.05) is 4.90 Å². The topological polar surface area (TPSA) is 62.1 Å². The second-order valence-corrected chi connectivity index (χ2v) is 27.6. The number of allylic oxidation sites excluding steroid dienone is 1. The van der Waals surface area contributed by atoms with E-state index in [1.165, 1.54) is 44.8 Å². The van der Waals surface area contributed by atoms with Crippen molar-refractivity contribution >= 4 is 84.0 Å². The molecule has 0 unspecified atom stereocenters. The van der Waals surface area contributed by atoms with Crippen LogP contribution in [0.25, 0.3) is 144 Å². The molecule has 0 radical (unpaired) electrons. The maximum absolute atomic E-state index is 10.8. The van der Waals surface area contributed by atoms with Crippen LogP contribution in [0, 0.1) is 17.9 Å². The number of nitrogens with zero attached hydrogens (tertiary/aromatic N) is 6. The van der Waals surface area contributed by atoms with E-state index in [1.54, 1.807) is 0 Å². The Morgan fingerprint density at radius 1 is 0.312 bits per heavy atom. The van der Waals surface area contributed by atoms with Gasteiger partial charge in [-0.3, -0.25) is 0 Å². The lowest BCUT2D eigenvalue weighted by Crippen LogP contribution is -2.10. The van der Waals surface area contributed by atoms with Crippen molar-refractivity contribution < 1.29 is 0 Å². The third-order valence-electron chi connectivity index (χ3n) is 20.7. The summed E-state index contributed by atoms with van der Waals surface area (Å²) >= 11 is 1.22. The molecule has 0 amide bonds. The molecule has 0 N–H and O–H groups in total. The van der Waals surface area contributed by atoms with Crippen molar-refractivity contribution in [3.05, 3.63) is 445 Å². The first-order valence-electron chi connectivity index (χ1n) is 36.4. The van der Waals surface area contributed by atoms with Gasteiger partial charge < -0.3 is 9.47 Å². The molecule has 16 aromatic carbocycles. The smallest absolute Gasteiger partial charge is 0.202 e. The van der Waals surface area contributed by atoms with Crippen LogP contribution >= 0.6 is 11.7 Å². The monoisotopic (exact) mass is 1410 g/mol. The van der Waals surface area contributed by atoms with Crippen molar-refractivity contribution in [3.63, 3.8) is 0 Å². The molecule has 510 valence electrons. The highest BCUT2D eigenvalue weighted by atomic mass is 32.1. The summed E-state index contributed by atoms with van der Waals surface area (Å²) < 4.78 is 12.6. The van der Waals surface area contributed by atoms with E-state index >= 15 is 0 Å². The number of nitriles is 1. The number of rotatable bonds is 17. The Morgan fingerprint density at radius 3 is 1.05 bits per heavy atom. The molecule has 0 aliphatic rings. The summed E-state index contributed by atoms with van der Waals surface area (Å²) in [5.41, 5.74) is 31.8. The zero-order valence-electron chi connectivity index (χ0n) is 59.2. The van der Waals surface area contributed by atoms with E-state index in [2.05, 4.69) is 348 Å². The normalized spacial score (nSPS) is 11.1. The minimum atomic E-state index is 0.595. The summed E-state index contributed by atoms with van der Waals surface area (Å²) in [6.45, 7) is 8.50. The number of hydrogen-bond acceptors (Lipinski definition) is 5. The predicted octanol–water partition coefficient (Wildman–Crippen LogP) is 27.2. The van der Waals surface area contributed by atoms with Gasteiger partial charge in [0.2, 0.25) is 5.70 Å². The molecule has 0 bridgehead atoms. The van der Waals surface area contributed by atoms with Crippen LogP contribution in [0.5, 0.6) is 0 Å². The van der Waals surface area contributed by atoms with Gasteiger partial charge in [-0.1, -0.05) is 328 Å². The Bertz CT molecular complexity index is 6060. The molecule has 0 fully saturated rings. The maximum Gasteiger partial charge on any atom is 0.202 e. The van der Waals surface area contributed by atoms with Gasteiger partial charge in [-0.25, -0.2) is 4.85 Å². The average molecular weight is 1410 g/mol. The van der Waals surface area contributed by atoms with Gasteiger partial charge in [0.25, 0.3) is 0 Å². The number of aromatic nitrogens is 3. The van der Waals surface area contributed by atoms with Crippen molar-refractivity contribution in [3.8, 4) is 89.6 Å². The van der Waals surface area contributed by atoms with Gasteiger partial charge in [-0.15, -0.1) is 0 Å². The minimum absolute atomic E-state index is 0.595. The van der Waals surface area contributed by atoms with Crippen molar-refractivity contribution in [2.24, 2.45) is 0 Å². The fourth-order valence-corrected chi connectivity index (χ4v) is 15.8. The zero-order valence-corrected chi connectivity index (χ0v) is 60.0. The van der Waals surface area contributed by atoms with Gasteiger partial charge in [-0.05, 0) is 184 Å². The van der Waals surface area contributed by atoms with Gasteiger partial charge in [-0.2, -0.15) is 14.0 Å². The summed E-state index contributed by atoms with van der Waals surface area (Å²) in [7, 11) is 0. The van der Waals surface area contributed by atoms with Crippen LogP contribution in [0.2, 0.25) is 0 Å². The predicted molar refractivity (Wildman–Crippen MR) is 454 cm³/mol.